The van der Waals surface area contributed by atoms with Crippen LogP contribution in [0.15, 0.2) is 71.4 Å². The van der Waals surface area contributed by atoms with Crippen molar-refractivity contribution in [3.05, 3.63) is 102 Å². The van der Waals surface area contributed by atoms with Gasteiger partial charge in [0, 0.05) is 17.7 Å². The number of nitro groups is 1. The van der Waals surface area contributed by atoms with Crippen molar-refractivity contribution in [1.82, 2.24) is 0 Å². The Morgan fingerprint density at radius 3 is 2.60 bits per heavy atom. The molecule has 0 radical (unpaired) electrons. The van der Waals surface area contributed by atoms with Crippen LogP contribution >= 0.6 is 22.6 Å². The van der Waals surface area contributed by atoms with Crippen molar-refractivity contribution in [3.8, 4) is 11.5 Å². The van der Waals surface area contributed by atoms with Crippen molar-refractivity contribution in [2.24, 2.45) is 4.99 Å². The van der Waals surface area contributed by atoms with Gasteiger partial charge < -0.3 is 14.2 Å². The lowest BCUT2D eigenvalue weighted by atomic mass is 10.1. The van der Waals surface area contributed by atoms with Crippen LogP contribution < -0.4 is 9.47 Å². The Kier molecular flexibility index (Phi) is 7.45. The second-order valence-corrected chi connectivity index (χ2v) is 8.84. The van der Waals surface area contributed by atoms with Crippen molar-refractivity contribution in [1.29, 1.82) is 0 Å². The molecule has 0 aliphatic carbocycles. The standard InChI is InChI=1S/C26H21IN2O6/c1-3-33-23-14-18(13-22-26(30)35-25(28-22)19-9-7-16(2)8-10-19)12-21(27)24(23)34-15-17-5-4-6-20(11-17)29(31)32/h4-14H,3,15H2,1-2H3/b22-13-. The third-order valence-corrected chi connectivity index (χ3v) is 5.86. The van der Waals surface area contributed by atoms with Gasteiger partial charge in [0.1, 0.15) is 6.61 Å². The number of non-ortho nitro benzene ring substituents is 1. The zero-order valence-corrected chi connectivity index (χ0v) is 21.1. The number of carbonyl (C=O) groups is 1. The number of cyclic esters (lactones) is 1. The van der Waals surface area contributed by atoms with Gasteiger partial charge in [-0.3, -0.25) is 10.1 Å². The van der Waals surface area contributed by atoms with E-state index in [1.807, 2.05) is 44.2 Å². The molecule has 1 heterocycles. The number of rotatable bonds is 8. The minimum atomic E-state index is -0.528. The van der Waals surface area contributed by atoms with Gasteiger partial charge in [0.2, 0.25) is 5.90 Å². The molecule has 0 spiro atoms. The summed E-state index contributed by atoms with van der Waals surface area (Å²) in [6.07, 6.45) is 1.64. The van der Waals surface area contributed by atoms with Crippen LogP contribution in [-0.4, -0.2) is 23.4 Å². The van der Waals surface area contributed by atoms with E-state index in [4.69, 9.17) is 14.2 Å². The average Bonchev–Trinajstić information content (AvgIpc) is 3.19. The third-order valence-electron chi connectivity index (χ3n) is 5.06. The number of carbonyl (C=O) groups excluding carboxylic acids is 1. The molecule has 0 N–H and O–H groups in total. The normalized spacial score (nSPS) is 14.0. The molecule has 0 fully saturated rings. The Morgan fingerprint density at radius 1 is 1.11 bits per heavy atom. The van der Waals surface area contributed by atoms with Gasteiger partial charge in [-0.1, -0.05) is 29.8 Å². The number of halogens is 1. The average molecular weight is 584 g/mol. The number of ether oxygens (including phenoxy) is 3. The fraction of sp³-hybridized carbons (Fsp3) is 0.154. The SMILES string of the molecule is CCOc1cc(/C=C2\N=C(c3ccc(C)cc3)OC2=O)cc(I)c1OCc1cccc([N+](=O)[O-])c1. The van der Waals surface area contributed by atoms with Crippen LogP contribution in [0.2, 0.25) is 0 Å². The van der Waals surface area contributed by atoms with E-state index in [0.717, 1.165) is 14.7 Å². The largest absolute Gasteiger partial charge is 0.490 e. The molecule has 4 rings (SSSR count). The Hall–Kier alpha value is -3.73. The van der Waals surface area contributed by atoms with Gasteiger partial charge in [0.25, 0.3) is 5.69 Å². The highest BCUT2D eigenvalue weighted by atomic mass is 127. The highest BCUT2D eigenvalue weighted by Gasteiger charge is 2.24. The molecule has 1 aliphatic rings. The van der Waals surface area contributed by atoms with Crippen molar-refractivity contribution in [2.75, 3.05) is 6.61 Å². The summed E-state index contributed by atoms with van der Waals surface area (Å²) in [6, 6.07) is 17.4. The van der Waals surface area contributed by atoms with E-state index < -0.39 is 10.9 Å². The Morgan fingerprint density at radius 2 is 1.89 bits per heavy atom. The lowest BCUT2D eigenvalue weighted by Gasteiger charge is -2.15. The van der Waals surface area contributed by atoms with Crippen LogP contribution in [-0.2, 0) is 16.1 Å². The summed E-state index contributed by atoms with van der Waals surface area (Å²) in [6.45, 7) is 4.37. The predicted octanol–water partition coefficient (Wildman–Crippen LogP) is 5.83. The van der Waals surface area contributed by atoms with Crippen LogP contribution in [0.4, 0.5) is 5.69 Å². The summed E-state index contributed by atoms with van der Waals surface area (Å²) in [5.74, 6) is 0.738. The molecule has 0 unspecified atom stereocenters. The number of nitro benzene ring substituents is 1. The second kappa shape index (κ2) is 10.7. The summed E-state index contributed by atoms with van der Waals surface area (Å²) in [4.78, 5) is 27.4. The first kappa shape index (κ1) is 24.4. The highest BCUT2D eigenvalue weighted by Crippen LogP contribution is 2.36. The summed E-state index contributed by atoms with van der Waals surface area (Å²) in [5.41, 5.74) is 3.37. The summed E-state index contributed by atoms with van der Waals surface area (Å²) in [5, 5.41) is 11.0. The first-order valence-electron chi connectivity index (χ1n) is 10.8. The fourth-order valence-electron chi connectivity index (χ4n) is 3.38. The summed E-state index contributed by atoms with van der Waals surface area (Å²) >= 11 is 2.13. The molecule has 1 aliphatic heterocycles. The molecular weight excluding hydrogens is 563 g/mol. The van der Waals surface area contributed by atoms with Gasteiger partial charge in [-0.25, -0.2) is 9.79 Å². The van der Waals surface area contributed by atoms with E-state index in [1.54, 1.807) is 24.3 Å². The number of hydrogen-bond donors (Lipinski definition) is 0. The maximum absolute atomic E-state index is 12.4. The van der Waals surface area contributed by atoms with Gasteiger partial charge in [-0.2, -0.15) is 0 Å². The number of aryl methyl sites for hydroxylation is 1. The zero-order valence-electron chi connectivity index (χ0n) is 19.0. The molecular formula is C26H21IN2O6. The molecule has 178 valence electrons. The van der Waals surface area contributed by atoms with E-state index in [2.05, 4.69) is 27.6 Å². The molecule has 0 atom stereocenters. The number of nitrogens with zero attached hydrogens (tertiary/aromatic N) is 2. The Bertz CT molecular complexity index is 1350. The van der Waals surface area contributed by atoms with E-state index in [0.29, 0.717) is 29.2 Å². The first-order valence-corrected chi connectivity index (χ1v) is 11.8. The third kappa shape index (κ3) is 5.86. The topological polar surface area (TPSA) is 100 Å². The van der Waals surface area contributed by atoms with Crippen LogP contribution in [0.1, 0.15) is 29.2 Å². The molecule has 8 nitrogen and oxygen atoms in total. The maximum Gasteiger partial charge on any atom is 0.363 e. The van der Waals surface area contributed by atoms with Gasteiger partial charge in [0.15, 0.2) is 17.2 Å². The van der Waals surface area contributed by atoms with Crippen molar-refractivity contribution >= 4 is 46.2 Å². The minimum Gasteiger partial charge on any atom is -0.490 e. The maximum atomic E-state index is 12.4. The molecule has 3 aromatic carbocycles. The first-order chi connectivity index (χ1) is 16.8. The lowest BCUT2D eigenvalue weighted by Crippen LogP contribution is -2.05. The quantitative estimate of drug-likeness (QED) is 0.109. The monoisotopic (exact) mass is 584 g/mol. The fourth-order valence-corrected chi connectivity index (χ4v) is 4.16. The summed E-state index contributed by atoms with van der Waals surface area (Å²) < 4.78 is 17.9. The van der Waals surface area contributed by atoms with Gasteiger partial charge >= 0.3 is 5.97 Å². The molecule has 0 amide bonds. The van der Waals surface area contributed by atoms with Crippen LogP contribution in [0.25, 0.3) is 6.08 Å². The minimum absolute atomic E-state index is 0.00168. The zero-order chi connectivity index (χ0) is 24.9. The van der Waals surface area contributed by atoms with Crippen LogP contribution in [0.5, 0.6) is 11.5 Å². The molecule has 0 saturated carbocycles. The Labute approximate surface area is 215 Å². The van der Waals surface area contributed by atoms with Crippen molar-refractivity contribution in [2.45, 2.75) is 20.5 Å². The van der Waals surface area contributed by atoms with Crippen LogP contribution in [0.3, 0.4) is 0 Å². The Balaban J connectivity index is 1.59. The van der Waals surface area contributed by atoms with E-state index in [1.165, 1.54) is 12.1 Å². The predicted molar refractivity (Wildman–Crippen MR) is 140 cm³/mol. The molecule has 3 aromatic rings. The highest BCUT2D eigenvalue weighted by molar-refractivity contribution is 14.1. The number of hydrogen-bond acceptors (Lipinski definition) is 7. The molecule has 0 bridgehead atoms. The van der Waals surface area contributed by atoms with E-state index in [9.17, 15) is 14.9 Å². The van der Waals surface area contributed by atoms with Crippen molar-refractivity contribution < 1.29 is 23.9 Å². The van der Waals surface area contributed by atoms with E-state index >= 15 is 0 Å². The molecule has 0 saturated heterocycles. The number of aliphatic imine (C=N–C) groups is 1. The lowest BCUT2D eigenvalue weighted by molar-refractivity contribution is -0.384. The summed E-state index contributed by atoms with van der Waals surface area (Å²) in [7, 11) is 0. The van der Waals surface area contributed by atoms with Gasteiger partial charge in [-0.15, -0.1) is 0 Å². The molecule has 0 aromatic heterocycles. The van der Waals surface area contributed by atoms with Crippen molar-refractivity contribution in [3.63, 3.8) is 0 Å². The van der Waals surface area contributed by atoms with E-state index in [-0.39, 0.29) is 23.9 Å². The molecule has 35 heavy (non-hydrogen) atoms. The number of esters is 1. The van der Waals surface area contributed by atoms with Crippen LogP contribution in [0, 0.1) is 20.6 Å². The van der Waals surface area contributed by atoms with Gasteiger partial charge in [-0.05, 0) is 77.9 Å². The van der Waals surface area contributed by atoms with Gasteiger partial charge in [0.05, 0.1) is 15.1 Å². The number of benzene rings is 3. The smallest absolute Gasteiger partial charge is 0.363 e. The molecule has 9 heteroatoms. The second-order valence-electron chi connectivity index (χ2n) is 7.68.